The minimum Gasteiger partial charge on any atom is -0.0656 e. The zero-order chi connectivity index (χ0) is 14.4. The Balaban J connectivity index is 2.93. The molecule has 0 bridgehead atoms. The van der Waals surface area contributed by atoms with Crippen LogP contribution in [0.25, 0.3) is 10.8 Å². The van der Waals surface area contributed by atoms with Crippen molar-refractivity contribution in [1.29, 1.82) is 0 Å². The Morgan fingerprint density at radius 1 is 0.895 bits per heavy atom. The predicted octanol–water partition coefficient (Wildman–Crippen LogP) is 4.99. The van der Waals surface area contributed by atoms with E-state index >= 15 is 0 Å². The van der Waals surface area contributed by atoms with Crippen LogP contribution in [-0.4, -0.2) is 8.07 Å². The van der Waals surface area contributed by atoms with E-state index in [2.05, 4.69) is 77.7 Å². The van der Waals surface area contributed by atoms with E-state index in [1.807, 2.05) is 0 Å². The van der Waals surface area contributed by atoms with Gasteiger partial charge in [0.15, 0.2) is 0 Å². The van der Waals surface area contributed by atoms with Gasteiger partial charge in [0, 0.05) is 0 Å². The molecule has 1 heteroatoms. The van der Waals surface area contributed by atoms with Gasteiger partial charge in [-0.1, -0.05) is 75.9 Å². The van der Waals surface area contributed by atoms with E-state index in [-0.39, 0.29) is 5.41 Å². The zero-order valence-electron chi connectivity index (χ0n) is 13.4. The van der Waals surface area contributed by atoms with Crippen LogP contribution in [-0.2, 0) is 5.41 Å². The Kier molecular flexibility index (Phi) is 3.38. The minimum absolute atomic E-state index is 0.211. The average Bonchev–Trinajstić information content (AvgIpc) is 2.26. The van der Waals surface area contributed by atoms with Gasteiger partial charge in [-0.05, 0) is 34.2 Å². The van der Waals surface area contributed by atoms with Gasteiger partial charge in [0.05, 0.1) is 8.07 Å². The van der Waals surface area contributed by atoms with Crippen molar-refractivity contribution in [2.24, 2.45) is 0 Å². The highest BCUT2D eigenvalue weighted by molar-refractivity contribution is 6.90. The summed E-state index contributed by atoms with van der Waals surface area (Å²) in [4.78, 5) is 0. The van der Waals surface area contributed by atoms with Crippen molar-refractivity contribution in [1.82, 2.24) is 0 Å². The molecule has 0 aliphatic heterocycles. The number of hydrogen-bond acceptors (Lipinski definition) is 0. The summed E-state index contributed by atoms with van der Waals surface area (Å²) in [7, 11) is -1.33. The van der Waals surface area contributed by atoms with Crippen molar-refractivity contribution in [3.8, 4) is 0 Å². The highest BCUT2D eigenvalue weighted by Gasteiger charge is 2.25. The van der Waals surface area contributed by atoms with Crippen LogP contribution >= 0.6 is 0 Å². The first kappa shape index (κ1) is 14.3. The molecule has 0 amide bonds. The van der Waals surface area contributed by atoms with E-state index in [9.17, 15) is 0 Å². The van der Waals surface area contributed by atoms with E-state index < -0.39 is 8.07 Å². The molecule has 0 nitrogen and oxygen atoms in total. The first-order chi connectivity index (χ1) is 8.62. The van der Waals surface area contributed by atoms with Crippen LogP contribution in [0.5, 0.6) is 0 Å². The van der Waals surface area contributed by atoms with E-state index in [4.69, 9.17) is 0 Å². The van der Waals surface area contributed by atoms with Gasteiger partial charge in [0.1, 0.15) is 0 Å². The molecule has 0 aliphatic carbocycles. The van der Waals surface area contributed by atoms with Crippen LogP contribution in [0.3, 0.4) is 0 Å². The summed E-state index contributed by atoms with van der Waals surface area (Å²) in [5, 5.41) is 4.50. The molecular weight excluding hydrogens is 244 g/mol. The first-order valence-corrected chi connectivity index (χ1v) is 10.7. The van der Waals surface area contributed by atoms with Crippen LogP contribution < -0.4 is 5.19 Å². The van der Waals surface area contributed by atoms with Crippen LogP contribution in [0, 0.1) is 6.92 Å². The van der Waals surface area contributed by atoms with Crippen molar-refractivity contribution in [2.45, 2.75) is 52.8 Å². The summed E-state index contributed by atoms with van der Waals surface area (Å²) in [5.74, 6) is 0. The predicted molar refractivity (Wildman–Crippen MR) is 90.4 cm³/mol. The van der Waals surface area contributed by atoms with Crippen molar-refractivity contribution >= 4 is 24.0 Å². The van der Waals surface area contributed by atoms with E-state index in [1.165, 1.54) is 21.9 Å². The fraction of sp³-hybridized carbons (Fsp3) is 0.444. The molecule has 0 atom stereocenters. The van der Waals surface area contributed by atoms with Crippen molar-refractivity contribution in [3.05, 3.63) is 41.5 Å². The molecule has 0 N–H and O–H groups in total. The number of fused-ring (bicyclic) bond motifs is 1. The third-order valence-electron chi connectivity index (χ3n) is 3.93. The molecular formula is C18H26Si. The zero-order valence-corrected chi connectivity index (χ0v) is 14.4. The molecule has 0 heterocycles. The Morgan fingerprint density at radius 2 is 1.42 bits per heavy atom. The SMILES string of the molecule is Cc1c(C(C)(C)C)cc([Si](C)(C)C)c2ccccc12. The molecule has 0 spiro atoms. The van der Waals surface area contributed by atoms with Crippen LogP contribution in [0.1, 0.15) is 31.9 Å². The molecule has 102 valence electrons. The van der Waals surface area contributed by atoms with Crippen molar-refractivity contribution in [3.63, 3.8) is 0 Å². The lowest BCUT2D eigenvalue weighted by molar-refractivity contribution is 0.587. The number of rotatable bonds is 1. The number of hydrogen-bond donors (Lipinski definition) is 0. The molecule has 0 fully saturated rings. The van der Waals surface area contributed by atoms with Gasteiger partial charge < -0.3 is 0 Å². The lowest BCUT2D eigenvalue weighted by Gasteiger charge is -2.28. The third-order valence-corrected chi connectivity index (χ3v) is 5.96. The van der Waals surface area contributed by atoms with Crippen molar-refractivity contribution in [2.75, 3.05) is 0 Å². The maximum absolute atomic E-state index is 2.49. The first-order valence-electron chi connectivity index (χ1n) is 7.15. The molecule has 2 rings (SSSR count). The van der Waals surface area contributed by atoms with Gasteiger partial charge in [-0.25, -0.2) is 0 Å². The molecule has 0 aromatic heterocycles. The standard InChI is InChI=1S/C18H26Si/c1-13-14-10-8-9-11-15(14)17(19(5,6)7)12-16(13)18(2,3)4/h8-12H,1-7H3. The second-order valence-corrected chi connectivity index (χ2v) is 12.7. The Morgan fingerprint density at radius 3 is 1.89 bits per heavy atom. The average molecular weight is 270 g/mol. The highest BCUT2D eigenvalue weighted by atomic mass is 28.3. The summed E-state index contributed by atoms with van der Waals surface area (Å²) in [6.45, 7) is 16.6. The smallest absolute Gasteiger partial charge is 0.0656 e. The molecule has 2 aromatic carbocycles. The van der Waals surface area contributed by atoms with E-state index in [0.29, 0.717) is 0 Å². The molecule has 0 unspecified atom stereocenters. The van der Waals surface area contributed by atoms with Gasteiger partial charge >= 0.3 is 0 Å². The maximum atomic E-state index is 2.49. The summed E-state index contributed by atoms with van der Waals surface area (Å²) in [6.07, 6.45) is 0. The Bertz CT molecular complexity index is 610. The lowest BCUT2D eigenvalue weighted by Crippen LogP contribution is -2.39. The molecule has 0 saturated carbocycles. The Labute approximate surface area is 118 Å². The summed E-state index contributed by atoms with van der Waals surface area (Å²) >= 11 is 0. The fourth-order valence-electron chi connectivity index (χ4n) is 2.92. The van der Waals surface area contributed by atoms with Crippen LogP contribution in [0.4, 0.5) is 0 Å². The molecule has 19 heavy (non-hydrogen) atoms. The third kappa shape index (κ3) is 2.62. The quantitative estimate of drug-likeness (QED) is 0.640. The normalized spacial score (nSPS) is 13.0. The summed E-state index contributed by atoms with van der Waals surface area (Å²) in [5.41, 5.74) is 3.16. The molecule has 0 saturated heterocycles. The monoisotopic (exact) mass is 270 g/mol. The fourth-order valence-corrected chi connectivity index (χ4v) is 4.52. The van der Waals surface area contributed by atoms with E-state index in [0.717, 1.165) is 0 Å². The highest BCUT2D eigenvalue weighted by Crippen LogP contribution is 2.31. The van der Waals surface area contributed by atoms with Crippen molar-refractivity contribution < 1.29 is 0 Å². The van der Waals surface area contributed by atoms with Gasteiger partial charge in [-0.2, -0.15) is 0 Å². The van der Waals surface area contributed by atoms with Gasteiger partial charge in [0.2, 0.25) is 0 Å². The maximum Gasteiger partial charge on any atom is 0.0784 e. The Hall–Kier alpha value is -1.08. The topological polar surface area (TPSA) is 0 Å². The second-order valence-electron chi connectivity index (χ2n) is 7.64. The number of benzene rings is 2. The lowest BCUT2D eigenvalue weighted by atomic mass is 9.82. The largest absolute Gasteiger partial charge is 0.0784 e. The minimum atomic E-state index is -1.33. The van der Waals surface area contributed by atoms with Crippen LogP contribution in [0.2, 0.25) is 19.6 Å². The molecule has 2 aromatic rings. The van der Waals surface area contributed by atoms with Gasteiger partial charge in [0.25, 0.3) is 0 Å². The van der Waals surface area contributed by atoms with Crippen LogP contribution in [0.15, 0.2) is 30.3 Å². The van der Waals surface area contributed by atoms with Gasteiger partial charge in [-0.3, -0.25) is 0 Å². The van der Waals surface area contributed by atoms with Gasteiger partial charge in [-0.15, -0.1) is 0 Å². The number of aryl methyl sites for hydroxylation is 1. The summed E-state index contributed by atoms with van der Waals surface area (Å²) in [6, 6.07) is 11.4. The van der Waals surface area contributed by atoms with E-state index in [1.54, 1.807) is 5.19 Å². The second kappa shape index (κ2) is 4.48. The summed E-state index contributed by atoms with van der Waals surface area (Å²) < 4.78 is 0. The molecule has 0 radical (unpaired) electrons. The molecule has 0 aliphatic rings.